The van der Waals surface area contributed by atoms with Crippen molar-refractivity contribution in [3.63, 3.8) is 0 Å². The second kappa shape index (κ2) is 8.59. The maximum atomic E-state index is 12.4. The second-order valence-electron chi connectivity index (χ2n) is 6.71. The van der Waals surface area contributed by atoms with Gasteiger partial charge in [0.25, 0.3) is 5.91 Å². The number of carbonyl (C=O) groups is 1. The number of hydrogen-bond donors (Lipinski definition) is 2. The van der Waals surface area contributed by atoms with Gasteiger partial charge in [0.2, 0.25) is 0 Å². The number of benzene rings is 2. The van der Waals surface area contributed by atoms with Crippen molar-refractivity contribution >= 4 is 49.9 Å². The van der Waals surface area contributed by atoms with Crippen LogP contribution < -0.4 is 10.6 Å². The van der Waals surface area contributed by atoms with Crippen molar-refractivity contribution in [1.82, 2.24) is 10.3 Å². The Hall–Kier alpha value is -2.31. The van der Waals surface area contributed by atoms with E-state index in [1.165, 1.54) is 29.7 Å². The molecule has 0 radical (unpaired) electrons. The van der Waals surface area contributed by atoms with Crippen LogP contribution >= 0.6 is 23.6 Å². The predicted octanol–water partition coefficient (Wildman–Crippen LogP) is 5.38. The minimum absolute atomic E-state index is 0.220. The second-order valence-corrected chi connectivity index (χ2v) is 8.15. The van der Waals surface area contributed by atoms with Crippen LogP contribution in [0.1, 0.15) is 46.8 Å². The Morgan fingerprint density at radius 1 is 1.15 bits per heavy atom. The number of thiocarbonyl (C=S) groups is 1. The molecule has 1 heterocycles. The first-order valence-electron chi connectivity index (χ1n) is 9.04. The zero-order valence-electron chi connectivity index (χ0n) is 15.8. The molecule has 0 aliphatic heterocycles. The van der Waals surface area contributed by atoms with Gasteiger partial charge in [0, 0.05) is 5.56 Å². The van der Waals surface area contributed by atoms with Crippen molar-refractivity contribution in [2.24, 2.45) is 0 Å². The molecule has 1 amide bonds. The van der Waals surface area contributed by atoms with Gasteiger partial charge in [-0.05, 0) is 68.7 Å². The van der Waals surface area contributed by atoms with E-state index < -0.39 is 0 Å². The molecule has 4 nitrogen and oxygen atoms in total. The average Bonchev–Trinajstić information content (AvgIpc) is 3.00. The van der Waals surface area contributed by atoms with E-state index in [9.17, 15) is 4.79 Å². The number of aryl methyl sites for hydroxylation is 3. The standard InChI is InChI=1S/C21H23N3OS2/c1-4-5-6-15-7-8-17-18(12-15)27-21(22-17)24-20(26)23-19(25)16-10-13(2)9-14(3)11-16/h7-12H,4-6H2,1-3H3,(H2,22,23,24,25,26). The molecule has 3 rings (SSSR count). The van der Waals surface area contributed by atoms with Gasteiger partial charge >= 0.3 is 0 Å². The van der Waals surface area contributed by atoms with E-state index in [4.69, 9.17) is 12.2 Å². The van der Waals surface area contributed by atoms with Gasteiger partial charge in [-0.25, -0.2) is 4.98 Å². The van der Waals surface area contributed by atoms with E-state index in [0.29, 0.717) is 10.7 Å². The summed E-state index contributed by atoms with van der Waals surface area (Å²) in [6, 6.07) is 12.1. The predicted molar refractivity (Wildman–Crippen MR) is 118 cm³/mol. The number of amides is 1. The zero-order valence-corrected chi connectivity index (χ0v) is 17.4. The van der Waals surface area contributed by atoms with E-state index in [1.54, 1.807) is 0 Å². The van der Waals surface area contributed by atoms with Crippen LogP contribution in [0.4, 0.5) is 5.13 Å². The molecule has 2 N–H and O–H groups in total. The number of carbonyl (C=O) groups excluding carboxylic acids is 1. The molecule has 1 aromatic heterocycles. The third-order valence-corrected chi connectivity index (χ3v) is 5.34. The molecule has 27 heavy (non-hydrogen) atoms. The SMILES string of the molecule is CCCCc1ccc2nc(NC(=S)NC(=O)c3cc(C)cc(C)c3)sc2c1. The highest BCUT2D eigenvalue weighted by Gasteiger charge is 2.11. The van der Waals surface area contributed by atoms with Gasteiger partial charge in [-0.3, -0.25) is 10.1 Å². The summed E-state index contributed by atoms with van der Waals surface area (Å²) in [4.78, 5) is 17.0. The van der Waals surface area contributed by atoms with Crippen LogP contribution in [0.25, 0.3) is 10.2 Å². The van der Waals surface area contributed by atoms with Crippen LogP contribution in [-0.2, 0) is 6.42 Å². The molecule has 0 unspecified atom stereocenters. The van der Waals surface area contributed by atoms with Gasteiger partial charge in [0.1, 0.15) is 0 Å². The van der Waals surface area contributed by atoms with Crippen LogP contribution in [0.3, 0.4) is 0 Å². The summed E-state index contributed by atoms with van der Waals surface area (Å²) in [6.45, 7) is 6.13. The summed E-state index contributed by atoms with van der Waals surface area (Å²) in [5.74, 6) is -0.220. The Labute approximate surface area is 169 Å². The first-order chi connectivity index (χ1) is 12.9. The third-order valence-electron chi connectivity index (χ3n) is 4.20. The van der Waals surface area contributed by atoms with E-state index in [2.05, 4.69) is 34.7 Å². The number of thiazole rings is 1. The Morgan fingerprint density at radius 3 is 2.59 bits per heavy atom. The monoisotopic (exact) mass is 397 g/mol. The van der Waals surface area contributed by atoms with Gasteiger partial charge in [-0.15, -0.1) is 0 Å². The van der Waals surface area contributed by atoms with Crippen molar-refractivity contribution in [2.75, 3.05) is 5.32 Å². The number of anilines is 1. The zero-order chi connectivity index (χ0) is 19.4. The van der Waals surface area contributed by atoms with Gasteiger partial charge in [-0.1, -0.05) is 47.9 Å². The summed E-state index contributed by atoms with van der Waals surface area (Å²) in [5, 5.41) is 6.70. The van der Waals surface area contributed by atoms with Gasteiger partial charge < -0.3 is 5.32 Å². The first kappa shape index (κ1) is 19.5. The van der Waals surface area contributed by atoms with Crippen LogP contribution in [0.2, 0.25) is 0 Å². The van der Waals surface area contributed by atoms with Crippen LogP contribution in [0, 0.1) is 13.8 Å². The molecule has 0 saturated heterocycles. The topological polar surface area (TPSA) is 54.0 Å². The summed E-state index contributed by atoms with van der Waals surface area (Å²) >= 11 is 6.83. The van der Waals surface area contributed by atoms with Crippen molar-refractivity contribution in [3.8, 4) is 0 Å². The lowest BCUT2D eigenvalue weighted by Gasteiger charge is -2.08. The fourth-order valence-electron chi connectivity index (χ4n) is 2.97. The van der Waals surface area contributed by atoms with Gasteiger partial charge in [0.15, 0.2) is 10.2 Å². The Balaban J connectivity index is 1.67. The molecule has 140 valence electrons. The van der Waals surface area contributed by atoms with Crippen LogP contribution in [-0.4, -0.2) is 16.0 Å². The lowest BCUT2D eigenvalue weighted by molar-refractivity contribution is 0.0977. The summed E-state index contributed by atoms with van der Waals surface area (Å²) in [7, 11) is 0. The Kier molecular flexibility index (Phi) is 6.19. The van der Waals surface area contributed by atoms with Crippen molar-refractivity contribution in [2.45, 2.75) is 40.0 Å². The highest BCUT2D eigenvalue weighted by Crippen LogP contribution is 2.27. The van der Waals surface area contributed by atoms with E-state index in [0.717, 1.165) is 27.8 Å². The lowest BCUT2D eigenvalue weighted by atomic mass is 10.1. The molecule has 0 saturated carbocycles. The van der Waals surface area contributed by atoms with Crippen molar-refractivity contribution < 1.29 is 4.79 Å². The molecule has 2 aromatic carbocycles. The summed E-state index contributed by atoms with van der Waals surface area (Å²) in [5.41, 5.74) is 4.95. The van der Waals surface area contributed by atoms with Crippen molar-refractivity contribution in [3.05, 3.63) is 58.7 Å². The summed E-state index contributed by atoms with van der Waals surface area (Å²) in [6.07, 6.45) is 3.45. The fourth-order valence-corrected chi connectivity index (χ4v) is 4.16. The Bertz CT molecular complexity index is 974. The molecule has 0 spiro atoms. The molecule has 3 aromatic rings. The molecule has 0 aliphatic carbocycles. The molecule has 0 bridgehead atoms. The normalized spacial score (nSPS) is 10.8. The fraction of sp³-hybridized carbons (Fsp3) is 0.286. The van der Waals surface area contributed by atoms with E-state index >= 15 is 0 Å². The van der Waals surface area contributed by atoms with Crippen LogP contribution in [0.5, 0.6) is 0 Å². The highest BCUT2D eigenvalue weighted by atomic mass is 32.1. The van der Waals surface area contributed by atoms with E-state index in [-0.39, 0.29) is 11.0 Å². The number of rotatable bonds is 5. The molecule has 6 heteroatoms. The van der Waals surface area contributed by atoms with Crippen molar-refractivity contribution in [1.29, 1.82) is 0 Å². The highest BCUT2D eigenvalue weighted by molar-refractivity contribution is 7.80. The van der Waals surface area contributed by atoms with E-state index in [1.807, 2.05) is 38.1 Å². The number of nitrogens with zero attached hydrogens (tertiary/aromatic N) is 1. The maximum absolute atomic E-state index is 12.4. The largest absolute Gasteiger partial charge is 0.308 e. The number of fused-ring (bicyclic) bond motifs is 1. The number of unbranched alkanes of at least 4 members (excludes halogenated alkanes) is 1. The molecular weight excluding hydrogens is 374 g/mol. The Morgan fingerprint density at radius 2 is 1.89 bits per heavy atom. The molecular formula is C21H23N3OS2. The lowest BCUT2D eigenvalue weighted by Crippen LogP contribution is -2.34. The smallest absolute Gasteiger partial charge is 0.257 e. The molecule has 0 fully saturated rings. The molecule has 0 atom stereocenters. The minimum atomic E-state index is -0.220. The third kappa shape index (κ3) is 5.11. The maximum Gasteiger partial charge on any atom is 0.257 e. The van der Waals surface area contributed by atoms with Gasteiger partial charge in [0.05, 0.1) is 10.2 Å². The minimum Gasteiger partial charge on any atom is -0.308 e. The number of hydrogen-bond acceptors (Lipinski definition) is 4. The van der Waals surface area contributed by atoms with Crippen LogP contribution in [0.15, 0.2) is 36.4 Å². The molecule has 0 aliphatic rings. The quantitative estimate of drug-likeness (QED) is 0.567. The summed E-state index contributed by atoms with van der Waals surface area (Å²) < 4.78 is 1.12. The first-order valence-corrected chi connectivity index (χ1v) is 10.3. The van der Waals surface area contributed by atoms with Gasteiger partial charge in [-0.2, -0.15) is 0 Å². The average molecular weight is 398 g/mol. The number of nitrogens with one attached hydrogen (secondary N) is 2. The number of aromatic nitrogens is 1.